The van der Waals surface area contributed by atoms with Crippen molar-refractivity contribution in [2.75, 3.05) is 0 Å². The van der Waals surface area contributed by atoms with Crippen LogP contribution < -0.4 is 0 Å². The number of hydrogen-bond donors (Lipinski definition) is 1. The second-order valence-electron chi connectivity index (χ2n) is 3.44. The Balaban J connectivity index is 2.70. The van der Waals surface area contributed by atoms with Crippen molar-refractivity contribution < 1.29 is 10.0 Å². The summed E-state index contributed by atoms with van der Waals surface area (Å²) in [5, 5.41) is 20.6. The smallest absolute Gasteiger partial charge is 0.277 e. The first-order valence-corrected chi connectivity index (χ1v) is 5.61. The molecule has 2 aromatic carbocycles. The SMILES string of the molecule is O=[N+]([O-])c1ccc(Br)cc1-c1ccccc1O. The third kappa shape index (κ3) is 2.29. The number of phenols is 1. The lowest BCUT2D eigenvalue weighted by Gasteiger charge is -2.05. The van der Waals surface area contributed by atoms with Crippen LogP contribution in [0, 0.1) is 10.1 Å². The fraction of sp³-hybridized carbons (Fsp3) is 0. The first-order valence-electron chi connectivity index (χ1n) is 4.82. The van der Waals surface area contributed by atoms with Gasteiger partial charge in [0.05, 0.1) is 10.5 Å². The number of hydrogen-bond acceptors (Lipinski definition) is 3. The highest BCUT2D eigenvalue weighted by Crippen LogP contribution is 2.36. The van der Waals surface area contributed by atoms with Gasteiger partial charge in [-0.15, -0.1) is 0 Å². The van der Waals surface area contributed by atoms with Gasteiger partial charge in [-0.2, -0.15) is 0 Å². The highest BCUT2D eigenvalue weighted by Gasteiger charge is 2.17. The third-order valence-electron chi connectivity index (χ3n) is 2.35. The van der Waals surface area contributed by atoms with Crippen LogP contribution in [0.25, 0.3) is 11.1 Å². The molecule has 0 unspecified atom stereocenters. The summed E-state index contributed by atoms with van der Waals surface area (Å²) < 4.78 is 0.723. The molecule has 0 saturated heterocycles. The lowest BCUT2D eigenvalue weighted by Crippen LogP contribution is -1.92. The Morgan fingerprint density at radius 2 is 1.82 bits per heavy atom. The number of aromatic hydroxyl groups is 1. The van der Waals surface area contributed by atoms with E-state index in [0.29, 0.717) is 11.1 Å². The fourth-order valence-corrected chi connectivity index (χ4v) is 1.95. The Morgan fingerprint density at radius 3 is 2.47 bits per heavy atom. The van der Waals surface area contributed by atoms with Crippen LogP contribution in [0.1, 0.15) is 0 Å². The molecule has 2 rings (SSSR count). The van der Waals surface area contributed by atoms with Gasteiger partial charge in [-0.3, -0.25) is 10.1 Å². The molecule has 1 N–H and O–H groups in total. The number of para-hydroxylation sites is 1. The molecule has 0 aliphatic heterocycles. The van der Waals surface area contributed by atoms with E-state index >= 15 is 0 Å². The number of nitro benzene ring substituents is 1. The van der Waals surface area contributed by atoms with Crippen molar-refractivity contribution in [1.82, 2.24) is 0 Å². The number of rotatable bonds is 2. The summed E-state index contributed by atoms with van der Waals surface area (Å²) in [5.74, 6) is 0.0219. The molecule has 0 saturated carbocycles. The van der Waals surface area contributed by atoms with E-state index in [1.54, 1.807) is 30.3 Å². The Bertz CT molecular complexity index is 584. The molecule has 0 heterocycles. The van der Waals surface area contributed by atoms with Gasteiger partial charge in [0, 0.05) is 16.1 Å². The second kappa shape index (κ2) is 4.55. The van der Waals surface area contributed by atoms with Crippen LogP contribution in [0.3, 0.4) is 0 Å². The van der Waals surface area contributed by atoms with Gasteiger partial charge in [-0.05, 0) is 18.2 Å². The van der Waals surface area contributed by atoms with Gasteiger partial charge in [0.15, 0.2) is 0 Å². The molecule has 2 aromatic rings. The van der Waals surface area contributed by atoms with Gasteiger partial charge in [0.2, 0.25) is 0 Å². The molecule has 0 atom stereocenters. The zero-order chi connectivity index (χ0) is 12.4. The van der Waals surface area contributed by atoms with Crippen LogP contribution in [-0.4, -0.2) is 10.0 Å². The highest BCUT2D eigenvalue weighted by molar-refractivity contribution is 9.10. The highest BCUT2D eigenvalue weighted by atomic mass is 79.9. The van der Waals surface area contributed by atoms with Crippen molar-refractivity contribution in [3.63, 3.8) is 0 Å². The van der Waals surface area contributed by atoms with Gasteiger partial charge < -0.3 is 5.11 Å². The standard InChI is InChI=1S/C12H8BrNO3/c13-8-5-6-11(14(16)17)10(7-8)9-3-1-2-4-12(9)15/h1-7,15H. The second-order valence-corrected chi connectivity index (χ2v) is 4.35. The Hall–Kier alpha value is -1.88. The maximum absolute atomic E-state index is 10.9. The summed E-state index contributed by atoms with van der Waals surface area (Å²) in [7, 11) is 0. The summed E-state index contributed by atoms with van der Waals surface area (Å²) in [4.78, 5) is 10.5. The monoisotopic (exact) mass is 293 g/mol. The van der Waals surface area contributed by atoms with E-state index in [0.717, 1.165) is 4.47 Å². The molecule has 86 valence electrons. The number of phenolic OH excluding ortho intramolecular Hbond substituents is 1. The molecule has 0 aromatic heterocycles. The number of halogens is 1. The van der Waals surface area contributed by atoms with Crippen LogP contribution in [0.4, 0.5) is 5.69 Å². The average molecular weight is 294 g/mol. The van der Waals surface area contributed by atoms with Gasteiger partial charge in [-0.25, -0.2) is 0 Å². The lowest BCUT2D eigenvalue weighted by atomic mass is 10.0. The van der Waals surface area contributed by atoms with E-state index < -0.39 is 4.92 Å². The lowest BCUT2D eigenvalue weighted by molar-refractivity contribution is -0.384. The Kier molecular flexibility index (Phi) is 3.10. The maximum Gasteiger partial charge on any atom is 0.277 e. The number of nitro groups is 1. The summed E-state index contributed by atoms with van der Waals surface area (Å²) in [6.07, 6.45) is 0. The topological polar surface area (TPSA) is 63.4 Å². The van der Waals surface area contributed by atoms with Gasteiger partial charge in [0.1, 0.15) is 5.75 Å². The number of nitrogens with zero attached hydrogens (tertiary/aromatic N) is 1. The summed E-state index contributed by atoms with van der Waals surface area (Å²) in [5.41, 5.74) is 0.803. The minimum absolute atomic E-state index is 0.0219. The van der Waals surface area contributed by atoms with E-state index in [1.807, 2.05) is 0 Å². The van der Waals surface area contributed by atoms with Gasteiger partial charge >= 0.3 is 0 Å². The van der Waals surface area contributed by atoms with Crippen LogP contribution in [0.5, 0.6) is 5.75 Å². The maximum atomic E-state index is 10.9. The zero-order valence-electron chi connectivity index (χ0n) is 8.63. The zero-order valence-corrected chi connectivity index (χ0v) is 10.2. The van der Waals surface area contributed by atoms with Crippen LogP contribution in [-0.2, 0) is 0 Å². The molecule has 17 heavy (non-hydrogen) atoms. The van der Waals surface area contributed by atoms with E-state index in [-0.39, 0.29) is 11.4 Å². The minimum Gasteiger partial charge on any atom is -0.507 e. The minimum atomic E-state index is -0.464. The van der Waals surface area contributed by atoms with Gasteiger partial charge in [0.25, 0.3) is 5.69 Å². The molecule has 0 bridgehead atoms. The van der Waals surface area contributed by atoms with Crippen molar-refractivity contribution in [2.24, 2.45) is 0 Å². The summed E-state index contributed by atoms with van der Waals surface area (Å²) in [6, 6.07) is 11.2. The van der Waals surface area contributed by atoms with E-state index in [1.165, 1.54) is 12.1 Å². The molecule has 0 spiro atoms. The number of benzene rings is 2. The van der Waals surface area contributed by atoms with Crippen molar-refractivity contribution in [3.05, 3.63) is 57.1 Å². The third-order valence-corrected chi connectivity index (χ3v) is 2.84. The molecular formula is C12H8BrNO3. The Morgan fingerprint density at radius 1 is 1.12 bits per heavy atom. The predicted molar refractivity (Wildman–Crippen MR) is 67.9 cm³/mol. The molecule has 0 radical (unpaired) electrons. The van der Waals surface area contributed by atoms with E-state index in [9.17, 15) is 15.2 Å². The molecule has 0 aliphatic carbocycles. The molecule has 4 nitrogen and oxygen atoms in total. The first-order chi connectivity index (χ1) is 8.09. The average Bonchev–Trinajstić information content (AvgIpc) is 2.29. The van der Waals surface area contributed by atoms with E-state index in [4.69, 9.17) is 0 Å². The van der Waals surface area contributed by atoms with Crippen LogP contribution >= 0.6 is 15.9 Å². The molecule has 0 aliphatic rings. The quantitative estimate of drug-likeness (QED) is 0.678. The van der Waals surface area contributed by atoms with Crippen molar-refractivity contribution in [1.29, 1.82) is 0 Å². The Labute approximate surface area is 106 Å². The first kappa shape index (κ1) is 11.6. The van der Waals surface area contributed by atoms with Crippen LogP contribution in [0.15, 0.2) is 46.9 Å². The fourth-order valence-electron chi connectivity index (χ4n) is 1.58. The normalized spacial score (nSPS) is 10.2. The molecule has 0 amide bonds. The predicted octanol–water partition coefficient (Wildman–Crippen LogP) is 3.73. The van der Waals surface area contributed by atoms with Crippen molar-refractivity contribution in [2.45, 2.75) is 0 Å². The van der Waals surface area contributed by atoms with Crippen LogP contribution in [0.2, 0.25) is 0 Å². The summed E-state index contributed by atoms with van der Waals surface area (Å²) in [6.45, 7) is 0. The molecule has 5 heteroatoms. The van der Waals surface area contributed by atoms with Crippen molar-refractivity contribution in [3.8, 4) is 16.9 Å². The van der Waals surface area contributed by atoms with Gasteiger partial charge in [-0.1, -0.05) is 34.1 Å². The summed E-state index contributed by atoms with van der Waals surface area (Å²) >= 11 is 3.26. The molecule has 0 fully saturated rings. The van der Waals surface area contributed by atoms with E-state index in [2.05, 4.69) is 15.9 Å². The molecular weight excluding hydrogens is 286 g/mol. The van der Waals surface area contributed by atoms with Crippen molar-refractivity contribution >= 4 is 21.6 Å². The largest absolute Gasteiger partial charge is 0.507 e.